The largest absolute Gasteiger partial charge is 0.236 e. The molecule has 0 saturated heterocycles. The summed E-state index contributed by atoms with van der Waals surface area (Å²) in [7, 11) is 0. The predicted molar refractivity (Wildman–Crippen MR) is 83.7 cm³/mol. The van der Waals surface area contributed by atoms with Crippen molar-refractivity contribution in [1.29, 1.82) is 0 Å². The molecule has 4 heteroatoms. The summed E-state index contributed by atoms with van der Waals surface area (Å²) in [5.41, 5.74) is 3.19. The Morgan fingerprint density at radius 2 is 1.89 bits per heavy atom. The van der Waals surface area contributed by atoms with E-state index in [2.05, 4.69) is 24.2 Å². The third kappa shape index (κ3) is 2.69. The predicted octanol–water partition coefficient (Wildman–Crippen LogP) is 5.81. The number of fused-ring (bicyclic) bond motifs is 1. The molecule has 0 amide bonds. The molecule has 100 valence electrons. The second kappa shape index (κ2) is 5.80. The normalized spacial score (nSPS) is 10.4. The average molecular weight is 293 g/mol. The van der Waals surface area contributed by atoms with Crippen LogP contribution in [0.5, 0.6) is 0 Å². The van der Waals surface area contributed by atoms with Gasteiger partial charge in [0.15, 0.2) is 0 Å². The van der Waals surface area contributed by atoms with Gasteiger partial charge < -0.3 is 0 Å². The minimum Gasteiger partial charge on any atom is -0.236 e. The highest BCUT2D eigenvalue weighted by Crippen LogP contribution is 2.35. The van der Waals surface area contributed by atoms with Crippen LogP contribution in [0.25, 0.3) is 20.8 Å². The van der Waals surface area contributed by atoms with Gasteiger partial charge >= 0.3 is 0 Å². The van der Waals surface area contributed by atoms with Crippen molar-refractivity contribution in [1.82, 2.24) is 4.98 Å². The Kier molecular flexibility index (Phi) is 4.32. The maximum Gasteiger partial charge on any atom is 0.125 e. The number of benzene rings is 1. The Morgan fingerprint density at radius 3 is 2.53 bits per heavy atom. The van der Waals surface area contributed by atoms with Crippen molar-refractivity contribution >= 4 is 32.9 Å². The lowest BCUT2D eigenvalue weighted by Crippen LogP contribution is -1.77. The summed E-state index contributed by atoms with van der Waals surface area (Å²) in [6, 6.07) is 4.76. The van der Waals surface area contributed by atoms with Crippen LogP contribution in [-0.4, -0.2) is 4.98 Å². The molecular formula is C15H16FNS2. The van der Waals surface area contributed by atoms with E-state index in [4.69, 9.17) is 0 Å². The number of hydrogen-bond donors (Lipinski definition) is 0. The fourth-order valence-corrected chi connectivity index (χ4v) is 3.70. The Bertz CT molecular complexity index is 697. The van der Waals surface area contributed by atoms with Gasteiger partial charge in [-0.25, -0.2) is 9.37 Å². The topological polar surface area (TPSA) is 12.9 Å². The van der Waals surface area contributed by atoms with Crippen LogP contribution in [0, 0.1) is 19.7 Å². The molecular weight excluding hydrogens is 277 g/mol. The highest BCUT2D eigenvalue weighted by Gasteiger charge is 2.11. The van der Waals surface area contributed by atoms with Crippen molar-refractivity contribution in [3.8, 4) is 10.6 Å². The lowest BCUT2D eigenvalue weighted by molar-refractivity contribution is 0.629. The molecule has 1 nitrogen and oxygen atoms in total. The van der Waals surface area contributed by atoms with Gasteiger partial charge in [-0.05, 0) is 31.5 Å². The molecule has 2 heterocycles. The molecule has 0 fully saturated rings. The van der Waals surface area contributed by atoms with E-state index < -0.39 is 0 Å². The number of thiazole rings is 1. The highest BCUT2D eigenvalue weighted by molar-refractivity contribution is 7.22. The van der Waals surface area contributed by atoms with Crippen LogP contribution in [0.4, 0.5) is 4.39 Å². The number of nitrogens with zero attached hydrogens (tertiary/aromatic N) is 1. The molecule has 0 aliphatic heterocycles. The molecule has 0 aliphatic rings. The van der Waals surface area contributed by atoms with Gasteiger partial charge in [0.05, 0.1) is 10.2 Å². The Morgan fingerprint density at radius 1 is 1.16 bits per heavy atom. The molecule has 0 aliphatic carbocycles. The third-order valence-electron chi connectivity index (χ3n) is 2.87. The number of hydrogen-bond acceptors (Lipinski definition) is 3. The lowest BCUT2D eigenvalue weighted by atomic mass is 10.2. The van der Waals surface area contributed by atoms with E-state index in [9.17, 15) is 4.39 Å². The maximum atomic E-state index is 13.1. The van der Waals surface area contributed by atoms with Crippen LogP contribution >= 0.6 is 22.7 Å². The van der Waals surface area contributed by atoms with E-state index in [1.165, 1.54) is 28.1 Å². The van der Waals surface area contributed by atoms with Crippen molar-refractivity contribution in [2.75, 3.05) is 0 Å². The molecule has 3 rings (SSSR count). The number of aromatic nitrogens is 1. The lowest BCUT2D eigenvalue weighted by Gasteiger charge is -1.93. The van der Waals surface area contributed by atoms with E-state index in [1.54, 1.807) is 28.7 Å². The zero-order valence-electron chi connectivity index (χ0n) is 11.5. The van der Waals surface area contributed by atoms with Crippen LogP contribution < -0.4 is 0 Å². The first-order valence-corrected chi connectivity index (χ1v) is 7.96. The SMILES string of the molecule is CC.Cc1scc(-c2nc3cc(F)ccc3s2)c1C. The van der Waals surface area contributed by atoms with Gasteiger partial charge in [0, 0.05) is 21.9 Å². The highest BCUT2D eigenvalue weighted by atomic mass is 32.1. The Balaban J connectivity index is 0.000000637. The monoisotopic (exact) mass is 293 g/mol. The average Bonchev–Trinajstić information content (AvgIpc) is 2.96. The number of halogens is 1. The smallest absolute Gasteiger partial charge is 0.125 e. The van der Waals surface area contributed by atoms with E-state index in [1.807, 2.05) is 13.8 Å². The fourth-order valence-electron chi connectivity index (χ4n) is 1.74. The van der Waals surface area contributed by atoms with E-state index in [0.29, 0.717) is 0 Å². The summed E-state index contributed by atoms with van der Waals surface area (Å²) >= 11 is 3.35. The summed E-state index contributed by atoms with van der Waals surface area (Å²) in [6.07, 6.45) is 0. The minimum atomic E-state index is -0.229. The summed E-state index contributed by atoms with van der Waals surface area (Å²) in [5, 5.41) is 3.10. The molecule has 0 unspecified atom stereocenters. The molecule has 0 spiro atoms. The number of rotatable bonds is 1. The summed E-state index contributed by atoms with van der Waals surface area (Å²) in [5.74, 6) is -0.229. The van der Waals surface area contributed by atoms with Gasteiger partial charge in [0.1, 0.15) is 10.8 Å². The van der Waals surface area contributed by atoms with Crippen molar-refractivity contribution in [2.45, 2.75) is 27.7 Å². The first-order chi connectivity index (χ1) is 9.15. The molecule has 0 bridgehead atoms. The molecule has 0 N–H and O–H groups in total. The van der Waals surface area contributed by atoms with Gasteiger partial charge in [-0.15, -0.1) is 22.7 Å². The van der Waals surface area contributed by atoms with Crippen molar-refractivity contribution in [3.63, 3.8) is 0 Å². The van der Waals surface area contributed by atoms with Crippen molar-refractivity contribution < 1.29 is 4.39 Å². The second-order valence-electron chi connectivity index (χ2n) is 3.96. The zero-order valence-corrected chi connectivity index (χ0v) is 13.1. The summed E-state index contributed by atoms with van der Waals surface area (Å²) in [4.78, 5) is 5.81. The van der Waals surface area contributed by atoms with Crippen LogP contribution in [-0.2, 0) is 0 Å². The van der Waals surface area contributed by atoms with Gasteiger partial charge in [0.2, 0.25) is 0 Å². The zero-order chi connectivity index (χ0) is 14.0. The number of aryl methyl sites for hydroxylation is 1. The minimum absolute atomic E-state index is 0.229. The van der Waals surface area contributed by atoms with E-state index in [0.717, 1.165) is 15.2 Å². The molecule has 0 radical (unpaired) electrons. The standard InChI is InChI=1S/C13H10FNS2.C2H6/c1-7-8(2)16-6-10(7)13-15-11-5-9(14)3-4-12(11)17-13;1-2/h3-6H,1-2H3;1-2H3. The molecule has 1 aromatic carbocycles. The Hall–Kier alpha value is -1.26. The van der Waals surface area contributed by atoms with Crippen LogP contribution in [0.1, 0.15) is 24.3 Å². The molecule has 0 saturated carbocycles. The van der Waals surface area contributed by atoms with Crippen LogP contribution in [0.2, 0.25) is 0 Å². The second-order valence-corrected chi connectivity index (χ2v) is 6.08. The fraction of sp³-hybridized carbons (Fsp3) is 0.267. The van der Waals surface area contributed by atoms with Crippen molar-refractivity contribution in [3.05, 3.63) is 39.8 Å². The molecule has 2 aromatic heterocycles. The first-order valence-electron chi connectivity index (χ1n) is 6.26. The van der Waals surface area contributed by atoms with Gasteiger partial charge in [-0.1, -0.05) is 13.8 Å². The van der Waals surface area contributed by atoms with Crippen LogP contribution in [0.15, 0.2) is 23.6 Å². The van der Waals surface area contributed by atoms with E-state index >= 15 is 0 Å². The summed E-state index contributed by atoms with van der Waals surface area (Å²) in [6.45, 7) is 8.21. The number of thiophene rings is 1. The maximum absolute atomic E-state index is 13.1. The van der Waals surface area contributed by atoms with Crippen molar-refractivity contribution in [2.24, 2.45) is 0 Å². The molecule has 0 atom stereocenters. The molecule has 3 aromatic rings. The summed E-state index contributed by atoms with van der Waals surface area (Å²) < 4.78 is 14.1. The van der Waals surface area contributed by atoms with Gasteiger partial charge in [-0.3, -0.25) is 0 Å². The van der Waals surface area contributed by atoms with Gasteiger partial charge in [0.25, 0.3) is 0 Å². The van der Waals surface area contributed by atoms with Gasteiger partial charge in [-0.2, -0.15) is 0 Å². The first kappa shape index (κ1) is 14.2. The Labute approximate surface area is 120 Å². The van der Waals surface area contributed by atoms with E-state index in [-0.39, 0.29) is 5.82 Å². The third-order valence-corrected chi connectivity index (χ3v) is 4.95. The molecule has 19 heavy (non-hydrogen) atoms. The van der Waals surface area contributed by atoms with Crippen LogP contribution in [0.3, 0.4) is 0 Å². The quantitative estimate of drug-likeness (QED) is 0.552.